The quantitative estimate of drug-likeness (QED) is 0.526. The monoisotopic (exact) mass is 469 g/mol. The molecule has 0 spiro atoms. The Morgan fingerprint density at radius 2 is 1.59 bits per heavy atom. The smallest absolute Gasteiger partial charge is 0.416 e. The van der Waals surface area contributed by atoms with Crippen molar-refractivity contribution in [1.82, 2.24) is 4.90 Å². The number of carbonyl (C=O) groups is 1. The third-order valence-corrected chi connectivity index (χ3v) is 5.67. The van der Waals surface area contributed by atoms with Crippen LogP contribution in [0.25, 0.3) is 0 Å². The van der Waals surface area contributed by atoms with Gasteiger partial charge in [-0.2, -0.15) is 13.2 Å². The van der Waals surface area contributed by atoms with E-state index in [1.165, 1.54) is 17.7 Å². The molecule has 1 fully saturated rings. The lowest BCUT2D eigenvalue weighted by Crippen LogP contribution is -2.45. The van der Waals surface area contributed by atoms with E-state index < -0.39 is 17.6 Å². The molecule has 1 N–H and O–H groups in total. The minimum atomic E-state index is -4.46. The summed E-state index contributed by atoms with van der Waals surface area (Å²) in [7, 11) is 0. The SMILES string of the molecule is O=C(COc1cccc(C(F)(F)F)c1)Nc1ccc(N2CCN(Cc3ccccc3)CC2)cc1. The molecule has 0 saturated carbocycles. The van der Waals surface area contributed by atoms with Crippen molar-refractivity contribution in [2.24, 2.45) is 0 Å². The average Bonchev–Trinajstić information content (AvgIpc) is 2.84. The largest absolute Gasteiger partial charge is 0.484 e. The second-order valence-electron chi connectivity index (χ2n) is 8.16. The van der Waals surface area contributed by atoms with E-state index in [0.717, 1.165) is 50.5 Å². The highest BCUT2D eigenvalue weighted by Crippen LogP contribution is 2.31. The number of nitrogens with one attached hydrogen (secondary N) is 1. The van der Waals surface area contributed by atoms with Gasteiger partial charge in [0.25, 0.3) is 5.91 Å². The van der Waals surface area contributed by atoms with Crippen LogP contribution < -0.4 is 15.0 Å². The summed E-state index contributed by atoms with van der Waals surface area (Å²) in [6.07, 6.45) is -4.46. The Morgan fingerprint density at radius 1 is 0.882 bits per heavy atom. The first-order chi connectivity index (χ1) is 16.4. The highest BCUT2D eigenvalue weighted by molar-refractivity contribution is 5.92. The molecule has 1 aliphatic heterocycles. The molecule has 1 amide bonds. The van der Waals surface area contributed by atoms with Crippen LogP contribution >= 0.6 is 0 Å². The summed E-state index contributed by atoms with van der Waals surface area (Å²) >= 11 is 0. The van der Waals surface area contributed by atoms with E-state index in [2.05, 4.69) is 39.4 Å². The van der Waals surface area contributed by atoms with E-state index in [1.54, 1.807) is 0 Å². The maximum atomic E-state index is 12.8. The summed E-state index contributed by atoms with van der Waals surface area (Å²) in [5.74, 6) is -0.452. The van der Waals surface area contributed by atoms with Gasteiger partial charge in [0.1, 0.15) is 5.75 Å². The first kappa shape index (κ1) is 23.6. The van der Waals surface area contributed by atoms with Gasteiger partial charge in [-0.15, -0.1) is 0 Å². The minimum Gasteiger partial charge on any atom is -0.484 e. The molecular weight excluding hydrogens is 443 g/mol. The van der Waals surface area contributed by atoms with E-state index in [9.17, 15) is 18.0 Å². The zero-order chi connectivity index (χ0) is 24.0. The molecule has 1 aliphatic rings. The number of carbonyl (C=O) groups excluding carboxylic acids is 1. The third kappa shape index (κ3) is 6.51. The summed E-state index contributed by atoms with van der Waals surface area (Å²) in [4.78, 5) is 16.9. The first-order valence-corrected chi connectivity index (χ1v) is 11.1. The third-order valence-electron chi connectivity index (χ3n) is 5.67. The molecule has 0 radical (unpaired) electrons. The van der Waals surface area contributed by atoms with Crippen LogP contribution in [0.5, 0.6) is 5.75 Å². The lowest BCUT2D eigenvalue weighted by Gasteiger charge is -2.36. The summed E-state index contributed by atoms with van der Waals surface area (Å²) < 4.78 is 43.6. The average molecular weight is 470 g/mol. The van der Waals surface area contributed by atoms with Crippen LogP contribution in [0.1, 0.15) is 11.1 Å². The van der Waals surface area contributed by atoms with Crippen LogP contribution in [-0.4, -0.2) is 43.6 Å². The number of alkyl halides is 3. The molecular formula is C26H26F3N3O2. The van der Waals surface area contributed by atoms with Crippen molar-refractivity contribution in [3.63, 3.8) is 0 Å². The Morgan fingerprint density at radius 3 is 2.26 bits per heavy atom. The van der Waals surface area contributed by atoms with Crippen molar-refractivity contribution < 1.29 is 22.7 Å². The van der Waals surface area contributed by atoms with Gasteiger partial charge in [0.05, 0.1) is 5.56 Å². The first-order valence-electron chi connectivity index (χ1n) is 11.1. The molecule has 8 heteroatoms. The van der Waals surface area contributed by atoms with Gasteiger partial charge in [-0.1, -0.05) is 36.4 Å². The molecule has 3 aromatic rings. The fourth-order valence-corrected chi connectivity index (χ4v) is 3.87. The summed E-state index contributed by atoms with van der Waals surface area (Å²) in [5, 5.41) is 2.71. The molecule has 0 atom stereocenters. The van der Waals surface area contributed by atoms with Gasteiger partial charge >= 0.3 is 6.18 Å². The Hall–Kier alpha value is -3.52. The number of halogens is 3. The molecule has 178 valence electrons. The number of ether oxygens (including phenoxy) is 1. The highest BCUT2D eigenvalue weighted by Gasteiger charge is 2.30. The fourth-order valence-electron chi connectivity index (χ4n) is 3.87. The zero-order valence-corrected chi connectivity index (χ0v) is 18.6. The number of amides is 1. The molecule has 34 heavy (non-hydrogen) atoms. The van der Waals surface area contributed by atoms with E-state index in [0.29, 0.717) is 5.69 Å². The van der Waals surface area contributed by atoms with Gasteiger partial charge in [0, 0.05) is 44.1 Å². The van der Waals surface area contributed by atoms with E-state index >= 15 is 0 Å². The normalized spacial score (nSPS) is 14.6. The Labute approximate surface area is 196 Å². The standard InChI is InChI=1S/C26H26F3N3O2/c27-26(28,29)21-7-4-8-24(17-21)34-19-25(33)30-22-9-11-23(12-10-22)32-15-13-31(14-16-32)18-20-5-2-1-3-6-20/h1-12,17H,13-16,18-19H2,(H,30,33). The number of rotatable bonds is 7. The second kappa shape index (κ2) is 10.6. The van der Waals surface area contributed by atoms with Crippen LogP contribution in [0, 0.1) is 0 Å². The van der Waals surface area contributed by atoms with Gasteiger partial charge < -0.3 is 15.0 Å². The summed E-state index contributed by atoms with van der Waals surface area (Å²) in [6.45, 7) is 4.35. The second-order valence-corrected chi connectivity index (χ2v) is 8.16. The van der Waals surface area contributed by atoms with E-state index in [4.69, 9.17) is 4.74 Å². The van der Waals surface area contributed by atoms with Crippen molar-refractivity contribution in [1.29, 1.82) is 0 Å². The van der Waals surface area contributed by atoms with Gasteiger partial charge in [-0.05, 0) is 48.0 Å². The fraction of sp³-hybridized carbons (Fsp3) is 0.269. The zero-order valence-electron chi connectivity index (χ0n) is 18.6. The molecule has 3 aromatic carbocycles. The van der Waals surface area contributed by atoms with Crippen molar-refractivity contribution in [3.05, 3.63) is 90.0 Å². The van der Waals surface area contributed by atoms with Crippen molar-refractivity contribution in [2.45, 2.75) is 12.7 Å². The number of hydrogen-bond acceptors (Lipinski definition) is 4. The maximum absolute atomic E-state index is 12.8. The minimum absolute atomic E-state index is 0.00766. The lowest BCUT2D eigenvalue weighted by molar-refractivity contribution is -0.137. The van der Waals surface area contributed by atoms with E-state index in [1.807, 2.05) is 30.3 Å². The lowest BCUT2D eigenvalue weighted by atomic mass is 10.2. The van der Waals surface area contributed by atoms with Gasteiger partial charge in [0.15, 0.2) is 6.61 Å². The highest BCUT2D eigenvalue weighted by atomic mass is 19.4. The van der Waals surface area contributed by atoms with Gasteiger partial charge in [-0.3, -0.25) is 9.69 Å². The number of benzene rings is 3. The van der Waals surface area contributed by atoms with Crippen LogP contribution in [0.15, 0.2) is 78.9 Å². The van der Waals surface area contributed by atoms with Gasteiger partial charge in [0.2, 0.25) is 0 Å². The van der Waals surface area contributed by atoms with E-state index in [-0.39, 0.29) is 12.4 Å². The predicted molar refractivity (Wildman–Crippen MR) is 126 cm³/mol. The number of piperazine rings is 1. The Bertz CT molecular complexity index is 1080. The molecule has 0 aromatic heterocycles. The molecule has 0 aliphatic carbocycles. The Balaban J connectivity index is 1.23. The van der Waals surface area contributed by atoms with Crippen molar-refractivity contribution in [2.75, 3.05) is 43.0 Å². The molecule has 0 unspecified atom stereocenters. The number of hydrogen-bond donors (Lipinski definition) is 1. The van der Waals surface area contributed by atoms with Crippen molar-refractivity contribution in [3.8, 4) is 5.75 Å². The number of nitrogens with zero attached hydrogens (tertiary/aromatic N) is 2. The summed E-state index contributed by atoms with van der Waals surface area (Å²) in [5.41, 5.74) is 2.18. The molecule has 5 nitrogen and oxygen atoms in total. The molecule has 4 rings (SSSR count). The Kier molecular flexibility index (Phi) is 7.37. The van der Waals surface area contributed by atoms with Crippen LogP contribution in [0.2, 0.25) is 0 Å². The van der Waals surface area contributed by atoms with Crippen molar-refractivity contribution >= 4 is 17.3 Å². The molecule has 1 heterocycles. The predicted octanol–water partition coefficient (Wildman–Crippen LogP) is 5.05. The maximum Gasteiger partial charge on any atom is 0.416 e. The number of anilines is 2. The molecule has 0 bridgehead atoms. The van der Waals surface area contributed by atoms with Crippen LogP contribution in [-0.2, 0) is 17.5 Å². The molecule has 1 saturated heterocycles. The topological polar surface area (TPSA) is 44.8 Å². The van der Waals surface area contributed by atoms with Crippen LogP contribution in [0.4, 0.5) is 24.5 Å². The van der Waals surface area contributed by atoms with Gasteiger partial charge in [-0.25, -0.2) is 0 Å². The summed E-state index contributed by atoms with van der Waals surface area (Å²) in [6, 6.07) is 22.4. The van der Waals surface area contributed by atoms with Crippen LogP contribution in [0.3, 0.4) is 0 Å².